The molecule has 0 atom stereocenters. The van der Waals surface area contributed by atoms with Crippen LogP contribution in [0.1, 0.15) is 49.7 Å². The molecular weight excluding hydrogens is 312 g/mol. The van der Waals surface area contributed by atoms with E-state index < -0.39 is 0 Å². The third kappa shape index (κ3) is 5.20. The largest absolute Gasteiger partial charge is 0.356 e. The minimum absolute atomic E-state index is 0.0393. The molecule has 0 aliphatic carbocycles. The standard InChI is InChI=1S/C16H26N4O2S/c1-3-14(21)18-8-5-13-11-23-15(19-13)12-6-9-20(10-7-12)16(22)17-4-2/h11-12H,3-10H2,1-2H3,(H,17,22)(H,18,21). The Hall–Kier alpha value is -1.63. The summed E-state index contributed by atoms with van der Waals surface area (Å²) >= 11 is 1.70. The summed E-state index contributed by atoms with van der Waals surface area (Å²) in [5.41, 5.74) is 1.05. The molecule has 2 rings (SSSR count). The first-order valence-electron chi connectivity index (χ1n) is 8.37. The number of nitrogens with one attached hydrogen (secondary N) is 2. The van der Waals surface area contributed by atoms with Crippen LogP contribution < -0.4 is 10.6 Å². The normalized spacial score (nSPS) is 15.5. The second kappa shape index (κ2) is 8.86. The van der Waals surface area contributed by atoms with Gasteiger partial charge in [-0.1, -0.05) is 6.92 Å². The van der Waals surface area contributed by atoms with Crippen LogP contribution in [0.2, 0.25) is 0 Å². The Morgan fingerprint density at radius 2 is 2.04 bits per heavy atom. The first-order valence-corrected chi connectivity index (χ1v) is 9.25. The van der Waals surface area contributed by atoms with E-state index in [0.717, 1.165) is 43.1 Å². The fourth-order valence-electron chi connectivity index (χ4n) is 2.67. The van der Waals surface area contributed by atoms with Crippen molar-refractivity contribution in [1.82, 2.24) is 20.5 Å². The van der Waals surface area contributed by atoms with Gasteiger partial charge in [0.25, 0.3) is 0 Å². The number of carbonyl (C=O) groups excluding carboxylic acids is 2. The van der Waals surface area contributed by atoms with Crippen LogP contribution in [0.3, 0.4) is 0 Å². The summed E-state index contributed by atoms with van der Waals surface area (Å²) in [4.78, 5) is 29.6. The fourth-order valence-corrected chi connectivity index (χ4v) is 3.70. The number of urea groups is 1. The van der Waals surface area contributed by atoms with E-state index in [4.69, 9.17) is 4.98 Å². The third-order valence-electron chi connectivity index (χ3n) is 4.05. The van der Waals surface area contributed by atoms with Gasteiger partial charge in [-0.25, -0.2) is 9.78 Å². The lowest BCUT2D eigenvalue weighted by molar-refractivity contribution is -0.120. The predicted molar refractivity (Wildman–Crippen MR) is 91.7 cm³/mol. The smallest absolute Gasteiger partial charge is 0.317 e. The summed E-state index contributed by atoms with van der Waals surface area (Å²) in [6.07, 6.45) is 3.24. The van der Waals surface area contributed by atoms with Crippen LogP contribution in [0.25, 0.3) is 0 Å². The van der Waals surface area contributed by atoms with Crippen molar-refractivity contribution in [2.75, 3.05) is 26.2 Å². The molecule has 1 fully saturated rings. The van der Waals surface area contributed by atoms with E-state index in [9.17, 15) is 9.59 Å². The Balaban J connectivity index is 1.78. The van der Waals surface area contributed by atoms with Crippen molar-refractivity contribution >= 4 is 23.3 Å². The highest BCUT2D eigenvalue weighted by Crippen LogP contribution is 2.30. The average Bonchev–Trinajstić information content (AvgIpc) is 3.04. The van der Waals surface area contributed by atoms with E-state index in [1.165, 1.54) is 0 Å². The first kappa shape index (κ1) is 17.7. The predicted octanol–water partition coefficient (Wildman–Crippen LogP) is 2.12. The highest BCUT2D eigenvalue weighted by molar-refractivity contribution is 7.09. The van der Waals surface area contributed by atoms with Crippen LogP contribution in [-0.2, 0) is 11.2 Å². The van der Waals surface area contributed by atoms with Crippen LogP contribution in [0, 0.1) is 0 Å². The summed E-state index contributed by atoms with van der Waals surface area (Å²) in [5, 5.41) is 8.98. The molecule has 1 aliphatic heterocycles. The van der Waals surface area contributed by atoms with E-state index in [1.54, 1.807) is 11.3 Å². The van der Waals surface area contributed by atoms with Crippen LogP contribution >= 0.6 is 11.3 Å². The van der Waals surface area contributed by atoms with Crippen LogP contribution in [-0.4, -0.2) is 48.0 Å². The van der Waals surface area contributed by atoms with Crippen molar-refractivity contribution in [3.8, 4) is 0 Å². The van der Waals surface area contributed by atoms with Gasteiger partial charge in [0.15, 0.2) is 0 Å². The second-order valence-electron chi connectivity index (χ2n) is 5.73. The zero-order chi connectivity index (χ0) is 16.7. The highest BCUT2D eigenvalue weighted by atomic mass is 32.1. The summed E-state index contributed by atoms with van der Waals surface area (Å²) in [6, 6.07) is 0.0393. The van der Waals surface area contributed by atoms with E-state index in [0.29, 0.717) is 25.4 Å². The molecule has 7 heteroatoms. The SMILES string of the molecule is CCNC(=O)N1CCC(c2nc(CCNC(=O)CC)cs2)CC1. The number of aromatic nitrogens is 1. The maximum Gasteiger partial charge on any atom is 0.317 e. The molecule has 2 N–H and O–H groups in total. The molecule has 6 nitrogen and oxygen atoms in total. The number of nitrogens with zero attached hydrogens (tertiary/aromatic N) is 2. The monoisotopic (exact) mass is 338 g/mol. The van der Waals surface area contributed by atoms with Gasteiger partial charge in [0.2, 0.25) is 5.91 Å². The summed E-state index contributed by atoms with van der Waals surface area (Å²) in [7, 11) is 0. The number of rotatable bonds is 6. The summed E-state index contributed by atoms with van der Waals surface area (Å²) in [5.74, 6) is 0.530. The van der Waals surface area contributed by atoms with Gasteiger partial charge in [0.1, 0.15) is 0 Å². The van der Waals surface area contributed by atoms with E-state index in [-0.39, 0.29) is 11.9 Å². The Morgan fingerprint density at radius 3 is 2.70 bits per heavy atom. The van der Waals surface area contributed by atoms with Gasteiger partial charge in [0.05, 0.1) is 10.7 Å². The highest BCUT2D eigenvalue weighted by Gasteiger charge is 2.25. The molecule has 1 aliphatic rings. The van der Waals surface area contributed by atoms with Gasteiger partial charge >= 0.3 is 6.03 Å². The Labute approximate surface area is 141 Å². The van der Waals surface area contributed by atoms with Gasteiger partial charge in [-0.05, 0) is 19.8 Å². The molecule has 0 unspecified atom stereocenters. The maximum atomic E-state index is 11.8. The van der Waals surface area contributed by atoms with Gasteiger partial charge in [-0.15, -0.1) is 11.3 Å². The summed E-state index contributed by atoms with van der Waals surface area (Å²) in [6.45, 7) is 6.68. The molecule has 23 heavy (non-hydrogen) atoms. The molecule has 1 saturated heterocycles. The quantitative estimate of drug-likeness (QED) is 0.834. The number of hydrogen-bond acceptors (Lipinski definition) is 4. The van der Waals surface area contributed by atoms with Crippen LogP contribution in [0.5, 0.6) is 0 Å². The topological polar surface area (TPSA) is 74.3 Å². The summed E-state index contributed by atoms with van der Waals surface area (Å²) < 4.78 is 0. The minimum Gasteiger partial charge on any atom is -0.356 e. The number of piperidine rings is 1. The molecule has 0 spiro atoms. The molecule has 2 heterocycles. The van der Waals surface area contributed by atoms with Crippen molar-refractivity contribution in [2.24, 2.45) is 0 Å². The van der Waals surface area contributed by atoms with Crippen molar-refractivity contribution in [3.63, 3.8) is 0 Å². The van der Waals surface area contributed by atoms with Crippen molar-refractivity contribution in [3.05, 3.63) is 16.1 Å². The lowest BCUT2D eigenvalue weighted by atomic mass is 9.98. The van der Waals surface area contributed by atoms with E-state index in [1.807, 2.05) is 18.7 Å². The molecule has 0 bridgehead atoms. The van der Waals surface area contributed by atoms with Gasteiger partial charge in [-0.3, -0.25) is 4.79 Å². The van der Waals surface area contributed by atoms with Crippen LogP contribution in [0.4, 0.5) is 4.79 Å². The average molecular weight is 338 g/mol. The van der Waals surface area contributed by atoms with Gasteiger partial charge in [-0.2, -0.15) is 0 Å². The molecule has 1 aromatic rings. The molecule has 0 radical (unpaired) electrons. The Bertz CT molecular complexity index is 524. The van der Waals surface area contributed by atoms with Crippen molar-refractivity contribution < 1.29 is 9.59 Å². The molecular formula is C16H26N4O2S. The van der Waals surface area contributed by atoms with E-state index >= 15 is 0 Å². The second-order valence-corrected chi connectivity index (χ2v) is 6.62. The molecule has 1 aromatic heterocycles. The minimum atomic E-state index is 0.0393. The third-order valence-corrected chi connectivity index (χ3v) is 5.11. The molecule has 0 saturated carbocycles. The molecule has 0 aromatic carbocycles. The lowest BCUT2D eigenvalue weighted by Crippen LogP contribution is -2.44. The maximum absolute atomic E-state index is 11.8. The number of likely N-dealkylation sites (tertiary alicyclic amines) is 1. The number of hydrogen-bond donors (Lipinski definition) is 2. The lowest BCUT2D eigenvalue weighted by Gasteiger charge is -2.31. The van der Waals surface area contributed by atoms with Gasteiger partial charge < -0.3 is 15.5 Å². The van der Waals surface area contributed by atoms with Crippen LogP contribution in [0.15, 0.2) is 5.38 Å². The molecule has 3 amide bonds. The van der Waals surface area contributed by atoms with Crippen molar-refractivity contribution in [2.45, 2.75) is 45.4 Å². The first-order chi connectivity index (χ1) is 11.1. The molecule has 128 valence electrons. The number of thiazole rings is 1. The zero-order valence-corrected chi connectivity index (χ0v) is 14.7. The van der Waals surface area contributed by atoms with E-state index in [2.05, 4.69) is 16.0 Å². The Morgan fingerprint density at radius 1 is 1.30 bits per heavy atom. The number of amides is 3. The van der Waals surface area contributed by atoms with Gasteiger partial charge in [0, 0.05) is 50.3 Å². The number of carbonyl (C=O) groups is 2. The Kier molecular flexibility index (Phi) is 6.83. The zero-order valence-electron chi connectivity index (χ0n) is 13.9. The van der Waals surface area contributed by atoms with Crippen molar-refractivity contribution in [1.29, 1.82) is 0 Å². The fraction of sp³-hybridized carbons (Fsp3) is 0.688.